The van der Waals surface area contributed by atoms with E-state index in [1.54, 1.807) is 12.1 Å². The smallest absolute Gasteiger partial charge is 0.291 e. The molecule has 0 saturated heterocycles. The van der Waals surface area contributed by atoms with Gasteiger partial charge in [-0.2, -0.15) is 0 Å². The summed E-state index contributed by atoms with van der Waals surface area (Å²) in [6.45, 7) is 5.41. The molecule has 0 radical (unpaired) electrons. The van der Waals surface area contributed by atoms with E-state index >= 15 is 0 Å². The summed E-state index contributed by atoms with van der Waals surface area (Å²) in [6, 6.07) is 7.18. The first-order chi connectivity index (χ1) is 8.95. The second kappa shape index (κ2) is 6.53. The second-order valence-corrected chi connectivity index (χ2v) is 4.33. The van der Waals surface area contributed by atoms with Crippen molar-refractivity contribution in [3.63, 3.8) is 0 Å². The van der Waals surface area contributed by atoms with Gasteiger partial charge < -0.3 is 5.21 Å². The Kier molecular flexibility index (Phi) is 5.05. The predicted octanol–water partition coefficient (Wildman–Crippen LogP) is 1.65. The highest BCUT2D eigenvalue weighted by Gasteiger charge is 2.15. The molecule has 1 aromatic carbocycles. The molecule has 0 bridgehead atoms. The molecular weight excluding hydrogens is 246 g/mol. The maximum Gasteiger partial charge on any atom is 0.291 e. The first-order valence-corrected chi connectivity index (χ1v) is 5.84. The van der Waals surface area contributed by atoms with Crippen molar-refractivity contribution < 1.29 is 14.8 Å². The van der Waals surface area contributed by atoms with E-state index in [9.17, 15) is 9.59 Å². The fourth-order valence-corrected chi connectivity index (χ4v) is 1.52. The number of hydrazine groups is 1. The van der Waals surface area contributed by atoms with Gasteiger partial charge in [0.15, 0.2) is 0 Å². The number of nitrogens with zero attached hydrogens (tertiary/aromatic N) is 2. The number of anilines is 1. The van der Waals surface area contributed by atoms with Gasteiger partial charge in [0.2, 0.25) is 5.91 Å². The minimum Gasteiger partial charge on any atom is -0.411 e. The lowest BCUT2D eigenvalue weighted by atomic mass is 10.0. The van der Waals surface area contributed by atoms with Gasteiger partial charge in [0, 0.05) is 6.92 Å². The monoisotopic (exact) mass is 263 g/mol. The van der Waals surface area contributed by atoms with E-state index in [2.05, 4.69) is 24.4 Å². The molecule has 1 aromatic rings. The van der Waals surface area contributed by atoms with Crippen molar-refractivity contribution in [3.8, 4) is 0 Å². The van der Waals surface area contributed by atoms with Crippen LogP contribution in [0.15, 0.2) is 29.4 Å². The summed E-state index contributed by atoms with van der Waals surface area (Å²) < 4.78 is 0. The molecule has 0 atom stereocenters. The van der Waals surface area contributed by atoms with Crippen LogP contribution < -0.4 is 10.4 Å². The maximum atomic E-state index is 11.7. The predicted molar refractivity (Wildman–Crippen MR) is 72.1 cm³/mol. The van der Waals surface area contributed by atoms with Crippen LogP contribution in [-0.4, -0.2) is 23.2 Å². The molecule has 0 heterocycles. The molecule has 0 aromatic heterocycles. The number of carbonyl (C=O) groups is 2. The standard InChI is InChI=1S/C13H17N3O3/c1-9(2)11-4-6-12(7-5-11)16(15-10(3)17)13(18)8-14-19/h4-9,19H,1-3H3,(H,15,17)/b14-8-. The van der Waals surface area contributed by atoms with Crippen molar-refractivity contribution in [3.05, 3.63) is 29.8 Å². The Hall–Kier alpha value is -2.37. The van der Waals surface area contributed by atoms with Crippen molar-refractivity contribution in [2.45, 2.75) is 26.7 Å². The highest BCUT2D eigenvalue weighted by atomic mass is 16.4. The van der Waals surface area contributed by atoms with Crippen LogP contribution in [-0.2, 0) is 9.59 Å². The van der Waals surface area contributed by atoms with Crippen LogP contribution >= 0.6 is 0 Å². The molecule has 0 fully saturated rings. The Labute approximate surface area is 111 Å². The molecular formula is C13H17N3O3. The zero-order valence-corrected chi connectivity index (χ0v) is 11.1. The number of hydrogen-bond donors (Lipinski definition) is 2. The summed E-state index contributed by atoms with van der Waals surface area (Å²) in [5.74, 6) is -0.666. The van der Waals surface area contributed by atoms with Crippen LogP contribution in [0.1, 0.15) is 32.3 Å². The fraction of sp³-hybridized carbons (Fsp3) is 0.308. The van der Waals surface area contributed by atoms with Gasteiger partial charge in [-0.05, 0) is 23.6 Å². The van der Waals surface area contributed by atoms with E-state index < -0.39 is 11.8 Å². The van der Waals surface area contributed by atoms with Gasteiger partial charge in [0.25, 0.3) is 5.91 Å². The quantitative estimate of drug-likeness (QED) is 0.494. The van der Waals surface area contributed by atoms with E-state index in [0.29, 0.717) is 17.8 Å². The van der Waals surface area contributed by atoms with E-state index in [1.165, 1.54) is 6.92 Å². The molecule has 2 amide bonds. The molecule has 102 valence electrons. The van der Waals surface area contributed by atoms with Crippen molar-refractivity contribution in [1.82, 2.24) is 5.43 Å². The lowest BCUT2D eigenvalue weighted by Gasteiger charge is -2.21. The van der Waals surface area contributed by atoms with Crippen LogP contribution in [0.4, 0.5) is 5.69 Å². The van der Waals surface area contributed by atoms with Crippen LogP contribution in [0.3, 0.4) is 0 Å². The average molecular weight is 263 g/mol. The third-order valence-corrected chi connectivity index (χ3v) is 2.48. The summed E-state index contributed by atoms with van der Waals surface area (Å²) >= 11 is 0. The molecule has 0 aliphatic carbocycles. The van der Waals surface area contributed by atoms with E-state index in [0.717, 1.165) is 10.6 Å². The highest BCUT2D eigenvalue weighted by molar-refractivity contribution is 6.32. The summed E-state index contributed by atoms with van der Waals surface area (Å²) in [7, 11) is 0. The fourth-order valence-electron chi connectivity index (χ4n) is 1.52. The Morgan fingerprint density at radius 3 is 2.32 bits per heavy atom. The van der Waals surface area contributed by atoms with E-state index in [1.807, 2.05) is 12.1 Å². The second-order valence-electron chi connectivity index (χ2n) is 4.33. The third kappa shape index (κ3) is 4.09. The van der Waals surface area contributed by atoms with Gasteiger partial charge in [-0.3, -0.25) is 15.0 Å². The number of oxime groups is 1. The van der Waals surface area contributed by atoms with Gasteiger partial charge in [0.1, 0.15) is 6.21 Å². The molecule has 0 spiro atoms. The van der Waals surface area contributed by atoms with Crippen LogP contribution in [0.5, 0.6) is 0 Å². The van der Waals surface area contributed by atoms with Crippen molar-refractivity contribution in [1.29, 1.82) is 0 Å². The number of rotatable bonds is 3. The van der Waals surface area contributed by atoms with Gasteiger partial charge in [-0.1, -0.05) is 31.1 Å². The van der Waals surface area contributed by atoms with E-state index in [-0.39, 0.29) is 0 Å². The SMILES string of the molecule is CC(=O)NN(C(=O)/C=N\O)c1ccc(C(C)C)cc1. The largest absolute Gasteiger partial charge is 0.411 e. The Morgan fingerprint density at radius 2 is 1.89 bits per heavy atom. The first kappa shape index (κ1) is 14.7. The highest BCUT2D eigenvalue weighted by Crippen LogP contribution is 2.19. The van der Waals surface area contributed by atoms with Crippen LogP contribution in [0.2, 0.25) is 0 Å². The molecule has 0 aliphatic heterocycles. The zero-order valence-electron chi connectivity index (χ0n) is 11.1. The number of benzene rings is 1. The molecule has 2 N–H and O–H groups in total. The number of hydrogen-bond acceptors (Lipinski definition) is 4. The lowest BCUT2D eigenvalue weighted by Crippen LogP contribution is -2.46. The summed E-state index contributed by atoms with van der Waals surface area (Å²) in [5, 5.41) is 12.1. The maximum absolute atomic E-state index is 11.7. The summed E-state index contributed by atoms with van der Waals surface area (Å²) in [4.78, 5) is 22.8. The summed E-state index contributed by atoms with van der Waals surface area (Å²) in [5.41, 5.74) is 3.98. The topological polar surface area (TPSA) is 82.0 Å². The Bertz CT molecular complexity index is 480. The van der Waals surface area contributed by atoms with Crippen molar-refractivity contribution in [2.24, 2.45) is 5.16 Å². The first-order valence-electron chi connectivity index (χ1n) is 5.84. The molecule has 6 heteroatoms. The van der Waals surface area contributed by atoms with E-state index in [4.69, 9.17) is 5.21 Å². The van der Waals surface area contributed by atoms with Crippen LogP contribution in [0, 0.1) is 0 Å². The zero-order chi connectivity index (χ0) is 14.4. The summed E-state index contributed by atoms with van der Waals surface area (Å²) in [6.07, 6.45) is 0.715. The third-order valence-electron chi connectivity index (χ3n) is 2.48. The lowest BCUT2D eigenvalue weighted by molar-refractivity contribution is -0.122. The van der Waals surface area contributed by atoms with Gasteiger partial charge >= 0.3 is 0 Å². The minimum atomic E-state index is -0.644. The molecule has 0 unspecified atom stereocenters. The molecule has 6 nitrogen and oxygen atoms in total. The van der Waals surface area contributed by atoms with Crippen molar-refractivity contribution in [2.75, 3.05) is 5.01 Å². The van der Waals surface area contributed by atoms with Gasteiger partial charge in [-0.15, -0.1) is 0 Å². The molecule has 1 rings (SSSR count). The minimum absolute atomic E-state index is 0.373. The van der Waals surface area contributed by atoms with Crippen LogP contribution in [0.25, 0.3) is 0 Å². The molecule has 0 aliphatic rings. The van der Waals surface area contributed by atoms with Crippen molar-refractivity contribution >= 4 is 23.7 Å². The normalized spacial score (nSPS) is 10.7. The number of carbonyl (C=O) groups excluding carboxylic acids is 2. The molecule has 0 saturated carbocycles. The number of nitrogens with one attached hydrogen (secondary N) is 1. The Balaban J connectivity index is 3.03. The van der Waals surface area contributed by atoms with Gasteiger partial charge in [-0.25, -0.2) is 5.01 Å². The van der Waals surface area contributed by atoms with Gasteiger partial charge in [0.05, 0.1) is 5.69 Å². The average Bonchev–Trinajstić information content (AvgIpc) is 2.36. The Morgan fingerprint density at radius 1 is 1.32 bits per heavy atom. The number of amides is 2. The molecule has 19 heavy (non-hydrogen) atoms.